The molecule has 0 amide bonds. The molecule has 0 bridgehead atoms. The van der Waals surface area contributed by atoms with Crippen LogP contribution >= 0.6 is 9.90 Å². The van der Waals surface area contributed by atoms with Crippen LogP contribution in [0.5, 0.6) is 0 Å². The molecule has 0 heterocycles. The molecule has 0 nitrogen and oxygen atoms in total. The molecule has 0 rings (SSSR count). The first-order valence-corrected chi connectivity index (χ1v) is 0. The minimum atomic E-state index is 0. The zero-order valence-electron chi connectivity index (χ0n) is 1.56. The van der Waals surface area contributed by atoms with E-state index in [2.05, 4.69) is 0 Å². The van der Waals surface area contributed by atoms with Gasteiger partial charge >= 0.3 is 0 Å². The summed E-state index contributed by atoms with van der Waals surface area (Å²) in [5.41, 5.74) is 0. The molecule has 0 aliphatic rings. The van der Waals surface area contributed by atoms with Gasteiger partial charge in [-0.1, -0.05) is 0 Å². The van der Waals surface area contributed by atoms with Crippen LogP contribution in [0.4, 0.5) is 0 Å². The predicted molar refractivity (Wildman–Crippen MR) is 6.92 cm³/mol. The molecular formula is FePPdV. The molecule has 0 fully saturated rings. The van der Waals surface area contributed by atoms with E-state index in [0.717, 1.165) is 0 Å². The van der Waals surface area contributed by atoms with Crippen molar-refractivity contribution >= 4 is 9.90 Å². The summed E-state index contributed by atoms with van der Waals surface area (Å²) in [5, 5.41) is 0. The monoisotopic (exact) mass is 244 g/mol. The van der Waals surface area contributed by atoms with Crippen molar-refractivity contribution in [1.82, 2.24) is 0 Å². The summed E-state index contributed by atoms with van der Waals surface area (Å²) in [6.07, 6.45) is 0. The summed E-state index contributed by atoms with van der Waals surface area (Å²) in [6.45, 7) is 0. The third-order valence-corrected chi connectivity index (χ3v) is 0. The fourth-order valence-corrected chi connectivity index (χ4v) is 0. The second-order valence-corrected chi connectivity index (χ2v) is 0. The molecule has 0 aromatic heterocycles. The fraction of sp³-hybridized carbons (Fsp3) is 0. The van der Waals surface area contributed by atoms with E-state index in [0.29, 0.717) is 0 Å². The van der Waals surface area contributed by atoms with Crippen LogP contribution in [0.25, 0.3) is 0 Å². The third kappa shape index (κ3) is 8.89. The Hall–Kier alpha value is 2.20. The van der Waals surface area contributed by atoms with Gasteiger partial charge in [0, 0.05) is 65.9 Å². The van der Waals surface area contributed by atoms with Gasteiger partial charge in [-0.15, -0.1) is 0 Å². The van der Waals surface area contributed by atoms with Crippen molar-refractivity contribution in [3.63, 3.8) is 0 Å². The van der Waals surface area contributed by atoms with Crippen LogP contribution in [-0.2, 0) is 56.0 Å². The molecule has 0 N–H and O–H groups in total. The van der Waals surface area contributed by atoms with Crippen molar-refractivity contribution in [2.75, 3.05) is 0 Å². The van der Waals surface area contributed by atoms with Gasteiger partial charge in [0.1, 0.15) is 0 Å². The summed E-state index contributed by atoms with van der Waals surface area (Å²) in [5.74, 6) is 0. The van der Waals surface area contributed by atoms with Crippen LogP contribution in [0.2, 0.25) is 0 Å². The molecule has 0 aliphatic heterocycles. The zero-order chi connectivity index (χ0) is 0. The SMILES string of the molecule is [Fe].[P].[Pd].[V]. The molecule has 0 aliphatic carbocycles. The maximum Gasteiger partial charge on any atom is 0 e. The first-order valence-electron chi connectivity index (χ1n) is 0. The molecule has 0 spiro atoms. The van der Waals surface area contributed by atoms with Gasteiger partial charge in [0.25, 0.3) is 0 Å². The Morgan fingerprint density at radius 2 is 1.00 bits per heavy atom. The predicted octanol–water partition coefficient (Wildman–Crippen LogP) is 0.854. The van der Waals surface area contributed by atoms with E-state index < -0.39 is 0 Å². The summed E-state index contributed by atoms with van der Waals surface area (Å²) in [4.78, 5) is 0. The molecule has 4 radical (unpaired) electrons. The van der Waals surface area contributed by atoms with E-state index in [1.54, 1.807) is 0 Å². The van der Waals surface area contributed by atoms with Crippen LogP contribution in [0.15, 0.2) is 0 Å². The Bertz CT molecular complexity index is 8.00. The number of hydrogen-bond acceptors (Lipinski definition) is 0. The second kappa shape index (κ2) is 19.0. The zero-order valence-corrected chi connectivity index (χ0v) is 6.51. The quantitative estimate of drug-likeness (QED) is 0.438. The third-order valence-electron chi connectivity index (χ3n) is 0. The van der Waals surface area contributed by atoms with Crippen LogP contribution in [-0.4, -0.2) is 0 Å². The molecule has 0 unspecified atom stereocenters. The van der Waals surface area contributed by atoms with E-state index in [1.807, 2.05) is 0 Å². The van der Waals surface area contributed by atoms with Gasteiger partial charge in [-0.2, -0.15) is 0 Å². The Balaban J connectivity index is 0. The van der Waals surface area contributed by atoms with Gasteiger partial charge in [-0.25, -0.2) is 0 Å². The maximum absolute atomic E-state index is 0. The summed E-state index contributed by atoms with van der Waals surface area (Å²) in [7, 11) is 0. The Morgan fingerprint density at radius 3 is 1.00 bits per heavy atom. The van der Waals surface area contributed by atoms with Crippen LogP contribution < -0.4 is 0 Å². The van der Waals surface area contributed by atoms with Crippen LogP contribution in [0.3, 0.4) is 0 Å². The summed E-state index contributed by atoms with van der Waals surface area (Å²) < 4.78 is 0. The van der Waals surface area contributed by atoms with E-state index in [-0.39, 0.29) is 65.9 Å². The molecule has 0 atom stereocenters. The van der Waals surface area contributed by atoms with Crippen LogP contribution in [0.1, 0.15) is 0 Å². The summed E-state index contributed by atoms with van der Waals surface area (Å²) >= 11 is 0. The van der Waals surface area contributed by atoms with E-state index in [1.165, 1.54) is 0 Å². The van der Waals surface area contributed by atoms with Gasteiger partial charge in [0.05, 0.1) is 0 Å². The van der Waals surface area contributed by atoms with E-state index in [9.17, 15) is 0 Å². The molecule has 4 heavy (non-hydrogen) atoms. The number of hydrogen-bond donors (Lipinski definition) is 0. The second-order valence-electron chi connectivity index (χ2n) is 0. The smallest absolute Gasteiger partial charge is 0 e. The van der Waals surface area contributed by atoms with Crippen molar-refractivity contribution in [2.45, 2.75) is 0 Å². The molecular weight excluding hydrogens is 244 g/mol. The largest absolute Gasteiger partial charge is 0 e. The Kier molecular flexibility index (Phi) is 164. The van der Waals surface area contributed by atoms with Gasteiger partial charge in [0.15, 0.2) is 0 Å². The Morgan fingerprint density at radius 1 is 1.00 bits per heavy atom. The van der Waals surface area contributed by atoms with Crippen molar-refractivity contribution in [1.29, 1.82) is 0 Å². The normalized spacial score (nSPS) is 0. The average Bonchev–Trinajstić information content (AvgIpc) is 0. The van der Waals surface area contributed by atoms with E-state index >= 15 is 0 Å². The first kappa shape index (κ1) is 34.7. The fourth-order valence-electron chi connectivity index (χ4n) is 0. The van der Waals surface area contributed by atoms with Crippen molar-refractivity contribution < 1.29 is 56.0 Å². The van der Waals surface area contributed by atoms with Gasteiger partial charge in [-0.3, -0.25) is 0 Å². The molecule has 0 aromatic rings. The van der Waals surface area contributed by atoms with Crippen molar-refractivity contribution in [3.05, 3.63) is 0 Å². The topological polar surface area (TPSA) is 0 Å². The molecule has 4 heteroatoms. The van der Waals surface area contributed by atoms with Gasteiger partial charge in [0.2, 0.25) is 0 Å². The molecule has 0 saturated carbocycles. The van der Waals surface area contributed by atoms with E-state index in [4.69, 9.17) is 0 Å². The Labute approximate surface area is 65.5 Å². The van der Waals surface area contributed by atoms with Crippen molar-refractivity contribution in [3.8, 4) is 0 Å². The maximum atomic E-state index is 0. The average molecular weight is 244 g/mol. The molecule has 0 aromatic carbocycles. The van der Waals surface area contributed by atoms with Gasteiger partial charge in [-0.05, 0) is 0 Å². The van der Waals surface area contributed by atoms with Crippen molar-refractivity contribution in [2.24, 2.45) is 0 Å². The van der Waals surface area contributed by atoms with Gasteiger partial charge < -0.3 is 0 Å². The standard InChI is InChI=1S/Fe.P.Pd.V. The first-order chi connectivity index (χ1) is 0. The van der Waals surface area contributed by atoms with Crippen LogP contribution in [0, 0.1) is 0 Å². The molecule has 0 saturated heterocycles. The summed E-state index contributed by atoms with van der Waals surface area (Å²) in [6, 6.07) is 0. The number of rotatable bonds is 0. The molecule has 28 valence electrons. The minimum absolute atomic E-state index is 0. The minimum Gasteiger partial charge on any atom is 0 e.